The van der Waals surface area contributed by atoms with Gasteiger partial charge in [-0.25, -0.2) is 19.6 Å². The molecule has 2 aromatic heterocycles. The molecule has 0 spiro atoms. The highest BCUT2D eigenvalue weighted by Gasteiger charge is 2.22. The van der Waals surface area contributed by atoms with Crippen LogP contribution in [0.1, 0.15) is 25.5 Å². The van der Waals surface area contributed by atoms with E-state index in [0.29, 0.717) is 29.9 Å². The lowest BCUT2D eigenvalue weighted by Gasteiger charge is -2.31. The number of carbonyl (C=O) groups is 4. The summed E-state index contributed by atoms with van der Waals surface area (Å²) in [6, 6.07) is 8.20. The molecule has 3 N–H and O–H groups in total. The molecule has 0 atom stereocenters. The summed E-state index contributed by atoms with van der Waals surface area (Å²) in [5.41, 5.74) is 2.82. The number of esters is 1. The number of imidazole rings is 1. The van der Waals surface area contributed by atoms with Crippen molar-refractivity contribution in [3.05, 3.63) is 41.7 Å². The van der Waals surface area contributed by atoms with Gasteiger partial charge in [-0.05, 0) is 50.9 Å². The Bertz CT molecular complexity index is 1220. The van der Waals surface area contributed by atoms with Crippen LogP contribution in [0.5, 0.6) is 0 Å². The number of benzene rings is 1. The van der Waals surface area contributed by atoms with Crippen LogP contribution in [0.3, 0.4) is 0 Å². The third-order valence-corrected chi connectivity index (χ3v) is 6.47. The van der Waals surface area contributed by atoms with E-state index in [1.807, 2.05) is 24.5 Å². The number of piperidine rings is 1. The Morgan fingerprint density at radius 2 is 1.84 bits per heavy atom. The van der Waals surface area contributed by atoms with Crippen molar-refractivity contribution in [2.45, 2.75) is 32.7 Å². The summed E-state index contributed by atoms with van der Waals surface area (Å²) in [5.74, 6) is -3.44. The Morgan fingerprint density at radius 3 is 2.51 bits per heavy atom. The Labute approximate surface area is 216 Å². The summed E-state index contributed by atoms with van der Waals surface area (Å²) in [5, 5.41) is 19.9. The first-order chi connectivity index (χ1) is 17.7. The number of aromatic nitrogens is 3. The first-order valence-corrected chi connectivity index (χ1v) is 12.6. The smallest absolute Gasteiger partial charge is 0.414 e. The predicted octanol–water partition coefficient (Wildman–Crippen LogP) is 2.10. The number of anilines is 1. The van der Waals surface area contributed by atoms with E-state index in [9.17, 15) is 9.59 Å². The highest BCUT2D eigenvalue weighted by molar-refractivity contribution is 7.13. The average molecular weight is 532 g/mol. The van der Waals surface area contributed by atoms with Gasteiger partial charge in [0.15, 0.2) is 5.13 Å². The lowest BCUT2D eigenvalue weighted by Crippen LogP contribution is -2.39. The summed E-state index contributed by atoms with van der Waals surface area (Å²) in [4.78, 5) is 53.1. The molecular formula is C24H29N5O7S. The van der Waals surface area contributed by atoms with Crippen LogP contribution in [0, 0.1) is 5.92 Å². The number of carbonyl (C=O) groups excluding carboxylic acids is 2. The van der Waals surface area contributed by atoms with Gasteiger partial charge < -0.3 is 24.8 Å². The Morgan fingerprint density at radius 1 is 1.14 bits per heavy atom. The van der Waals surface area contributed by atoms with Crippen LogP contribution in [-0.4, -0.2) is 79.7 Å². The fraction of sp³-hybridized carbons (Fsp3) is 0.417. The number of aliphatic carboxylic acids is 2. The molecule has 3 heterocycles. The van der Waals surface area contributed by atoms with Gasteiger partial charge in [0, 0.05) is 11.9 Å². The van der Waals surface area contributed by atoms with E-state index in [1.165, 1.54) is 16.9 Å². The number of thiazole rings is 1. The minimum absolute atomic E-state index is 0.0731. The van der Waals surface area contributed by atoms with Gasteiger partial charge in [0.05, 0.1) is 42.6 Å². The maximum Gasteiger partial charge on any atom is 0.414 e. The molecule has 1 fully saturated rings. The number of fused-ring (bicyclic) bond motifs is 1. The molecule has 198 valence electrons. The summed E-state index contributed by atoms with van der Waals surface area (Å²) < 4.78 is 7.16. The normalized spacial score (nSPS) is 14.0. The largest absolute Gasteiger partial charge is 0.473 e. The van der Waals surface area contributed by atoms with Crippen molar-refractivity contribution in [1.82, 2.24) is 19.4 Å². The van der Waals surface area contributed by atoms with Crippen LogP contribution >= 0.6 is 11.3 Å². The lowest BCUT2D eigenvalue weighted by molar-refractivity contribution is -0.159. The second kappa shape index (κ2) is 13.5. The minimum atomic E-state index is -1.82. The van der Waals surface area contributed by atoms with Gasteiger partial charge in [-0.3, -0.25) is 14.5 Å². The van der Waals surface area contributed by atoms with Gasteiger partial charge >= 0.3 is 17.9 Å². The number of amides is 1. The molecule has 1 amide bonds. The lowest BCUT2D eigenvalue weighted by atomic mass is 9.96. The predicted molar refractivity (Wildman–Crippen MR) is 135 cm³/mol. The van der Waals surface area contributed by atoms with Crippen LogP contribution in [0.2, 0.25) is 0 Å². The van der Waals surface area contributed by atoms with Crippen molar-refractivity contribution in [1.29, 1.82) is 0 Å². The Balaban J connectivity index is 0.000000568. The summed E-state index contributed by atoms with van der Waals surface area (Å²) in [6.07, 6.45) is 4.16. The standard InChI is InChI=1S/C22H27N5O3S.C2H2O4/c1-2-30-21(29)11-17-14-31-22(24-17)25-20(28)13-26-9-7-16(8-10-26)12-27-15-23-18-5-3-4-6-19(18)27;3-1(4)2(5)6/h3-6,14-16H,2,7-13H2,1H3,(H,24,25,28);(H,3,4)(H,5,6). The number of nitrogens with zero attached hydrogens (tertiary/aromatic N) is 4. The van der Waals surface area contributed by atoms with Crippen LogP contribution in [0.25, 0.3) is 11.0 Å². The SMILES string of the molecule is CCOC(=O)Cc1csc(NC(=O)CN2CCC(Cn3cnc4ccccc43)CC2)n1.O=C(O)C(=O)O. The van der Waals surface area contributed by atoms with Crippen molar-refractivity contribution in [2.75, 3.05) is 31.6 Å². The number of ether oxygens (including phenoxy) is 1. The van der Waals surface area contributed by atoms with Crippen molar-refractivity contribution in [2.24, 2.45) is 5.92 Å². The number of carboxylic acids is 2. The number of rotatable bonds is 8. The zero-order valence-corrected chi connectivity index (χ0v) is 21.1. The van der Waals surface area contributed by atoms with E-state index >= 15 is 0 Å². The molecule has 1 aromatic carbocycles. The fourth-order valence-electron chi connectivity index (χ4n) is 3.93. The summed E-state index contributed by atoms with van der Waals surface area (Å²) in [6.45, 7) is 5.24. The van der Waals surface area contributed by atoms with Crippen LogP contribution in [0.15, 0.2) is 36.0 Å². The highest BCUT2D eigenvalue weighted by atomic mass is 32.1. The van der Waals surface area contributed by atoms with E-state index in [-0.39, 0.29) is 18.3 Å². The number of nitrogens with one attached hydrogen (secondary N) is 1. The average Bonchev–Trinajstić information content (AvgIpc) is 3.47. The van der Waals surface area contributed by atoms with Gasteiger partial charge in [0.25, 0.3) is 0 Å². The molecule has 0 bridgehead atoms. The molecule has 0 saturated carbocycles. The number of para-hydroxylation sites is 2. The van der Waals surface area contributed by atoms with E-state index in [4.69, 9.17) is 24.5 Å². The first kappa shape index (κ1) is 27.7. The van der Waals surface area contributed by atoms with Gasteiger partial charge in [0.2, 0.25) is 5.91 Å². The zero-order chi connectivity index (χ0) is 26.8. The van der Waals surface area contributed by atoms with Crippen molar-refractivity contribution < 1.29 is 34.1 Å². The van der Waals surface area contributed by atoms with E-state index in [1.54, 1.807) is 12.3 Å². The Kier molecular flexibility index (Phi) is 10.1. The van der Waals surface area contributed by atoms with Gasteiger partial charge in [-0.1, -0.05) is 12.1 Å². The molecule has 3 aromatic rings. The van der Waals surface area contributed by atoms with Crippen molar-refractivity contribution in [3.8, 4) is 0 Å². The third-order valence-electron chi connectivity index (χ3n) is 5.67. The maximum absolute atomic E-state index is 12.4. The summed E-state index contributed by atoms with van der Waals surface area (Å²) >= 11 is 1.33. The molecule has 37 heavy (non-hydrogen) atoms. The molecule has 0 radical (unpaired) electrons. The molecular weight excluding hydrogens is 502 g/mol. The molecule has 0 aliphatic carbocycles. The van der Waals surface area contributed by atoms with Crippen molar-refractivity contribution >= 4 is 51.3 Å². The molecule has 12 nitrogen and oxygen atoms in total. The van der Waals surface area contributed by atoms with Gasteiger partial charge in [-0.15, -0.1) is 11.3 Å². The number of carboxylic acid groups (broad SMARTS) is 2. The molecule has 1 saturated heterocycles. The van der Waals surface area contributed by atoms with Crippen LogP contribution in [0.4, 0.5) is 5.13 Å². The highest BCUT2D eigenvalue weighted by Crippen LogP contribution is 2.22. The van der Waals surface area contributed by atoms with E-state index in [0.717, 1.165) is 38.0 Å². The maximum atomic E-state index is 12.4. The van der Waals surface area contributed by atoms with Crippen LogP contribution in [-0.2, 0) is 36.9 Å². The fourth-order valence-corrected chi connectivity index (χ4v) is 4.65. The zero-order valence-electron chi connectivity index (χ0n) is 20.3. The number of hydrogen-bond acceptors (Lipinski definition) is 9. The third kappa shape index (κ3) is 8.65. The van der Waals surface area contributed by atoms with Crippen molar-refractivity contribution in [3.63, 3.8) is 0 Å². The first-order valence-electron chi connectivity index (χ1n) is 11.7. The Hall–Kier alpha value is -3.84. The summed E-state index contributed by atoms with van der Waals surface area (Å²) in [7, 11) is 0. The molecule has 4 rings (SSSR count). The minimum Gasteiger partial charge on any atom is -0.473 e. The number of likely N-dealkylation sites (tertiary alicyclic amines) is 1. The second-order valence-corrected chi connectivity index (χ2v) is 9.25. The topological polar surface area (TPSA) is 164 Å². The van der Waals surface area contributed by atoms with Gasteiger partial charge in [-0.2, -0.15) is 0 Å². The van der Waals surface area contributed by atoms with E-state index < -0.39 is 11.9 Å². The number of hydrogen-bond donors (Lipinski definition) is 3. The molecule has 0 unspecified atom stereocenters. The molecule has 13 heteroatoms. The quantitative estimate of drug-likeness (QED) is 0.290. The molecule has 1 aliphatic rings. The molecule has 1 aliphatic heterocycles. The second-order valence-electron chi connectivity index (χ2n) is 8.39. The van der Waals surface area contributed by atoms with Crippen LogP contribution < -0.4 is 5.32 Å². The monoisotopic (exact) mass is 531 g/mol. The van der Waals surface area contributed by atoms with E-state index in [2.05, 4.69) is 30.8 Å². The van der Waals surface area contributed by atoms with Gasteiger partial charge in [0.1, 0.15) is 0 Å².